The number of amides is 2. The maximum absolute atomic E-state index is 12.8. The second-order valence-electron chi connectivity index (χ2n) is 6.61. The van der Waals surface area contributed by atoms with E-state index in [1.165, 1.54) is 0 Å². The van der Waals surface area contributed by atoms with E-state index < -0.39 is 10.0 Å². The van der Waals surface area contributed by atoms with Crippen molar-refractivity contribution in [2.45, 2.75) is 25.7 Å². The summed E-state index contributed by atoms with van der Waals surface area (Å²) in [6.07, 6.45) is 7.80. The number of hydrogen-bond donors (Lipinski definition) is 1. The first-order chi connectivity index (χ1) is 11.8. The SMILES string of the molecule is NC(=O)CCC1CCCN(C(=O)C2=CN3CCS(=O)(=O)N=C3C=C2)C1. The van der Waals surface area contributed by atoms with Gasteiger partial charge in [-0.3, -0.25) is 9.59 Å². The summed E-state index contributed by atoms with van der Waals surface area (Å²) in [6.45, 7) is 1.60. The van der Waals surface area contributed by atoms with Crippen LogP contribution in [-0.2, 0) is 19.6 Å². The number of piperidine rings is 1. The van der Waals surface area contributed by atoms with Gasteiger partial charge in [-0.25, -0.2) is 8.42 Å². The fraction of sp³-hybridized carbons (Fsp3) is 0.562. The molecule has 0 aromatic carbocycles. The van der Waals surface area contributed by atoms with E-state index in [0.29, 0.717) is 43.9 Å². The Morgan fingerprint density at radius 3 is 2.84 bits per heavy atom. The quantitative estimate of drug-likeness (QED) is 0.752. The minimum atomic E-state index is -3.40. The third kappa shape index (κ3) is 4.28. The van der Waals surface area contributed by atoms with Crippen LogP contribution in [0.5, 0.6) is 0 Å². The molecule has 3 aliphatic heterocycles. The molecule has 1 fully saturated rings. The molecule has 25 heavy (non-hydrogen) atoms. The average Bonchev–Trinajstić information content (AvgIpc) is 2.58. The zero-order valence-electron chi connectivity index (χ0n) is 13.9. The molecule has 136 valence electrons. The number of likely N-dealkylation sites (tertiary alicyclic amines) is 1. The molecule has 1 atom stereocenters. The Balaban J connectivity index is 1.66. The van der Waals surface area contributed by atoms with E-state index in [9.17, 15) is 18.0 Å². The van der Waals surface area contributed by atoms with Crippen molar-refractivity contribution >= 4 is 27.7 Å². The molecule has 0 saturated carbocycles. The summed E-state index contributed by atoms with van der Waals surface area (Å²) in [5, 5.41) is 0. The van der Waals surface area contributed by atoms with Crippen molar-refractivity contribution in [3.05, 3.63) is 23.9 Å². The molecule has 0 bridgehead atoms. The molecule has 0 aromatic rings. The lowest BCUT2D eigenvalue weighted by Gasteiger charge is -2.34. The van der Waals surface area contributed by atoms with Gasteiger partial charge in [-0.15, -0.1) is 4.40 Å². The molecular formula is C16H22N4O4S. The first kappa shape index (κ1) is 17.7. The van der Waals surface area contributed by atoms with Gasteiger partial charge in [-0.2, -0.15) is 0 Å². The van der Waals surface area contributed by atoms with Crippen LogP contribution in [0.4, 0.5) is 0 Å². The number of nitrogens with two attached hydrogens (primary N) is 1. The highest BCUT2D eigenvalue weighted by Crippen LogP contribution is 2.24. The second kappa shape index (κ2) is 6.99. The Bertz CT molecular complexity index is 769. The minimum absolute atomic E-state index is 0.0543. The lowest BCUT2D eigenvalue weighted by molar-refractivity contribution is -0.128. The number of carbonyl (C=O) groups excluding carboxylic acids is 2. The van der Waals surface area contributed by atoms with Crippen LogP contribution in [0.25, 0.3) is 0 Å². The van der Waals surface area contributed by atoms with Crippen LogP contribution in [0.3, 0.4) is 0 Å². The van der Waals surface area contributed by atoms with Crippen molar-refractivity contribution in [3.63, 3.8) is 0 Å². The van der Waals surface area contributed by atoms with E-state index >= 15 is 0 Å². The molecule has 1 saturated heterocycles. The molecular weight excluding hydrogens is 344 g/mol. The number of rotatable bonds is 4. The van der Waals surface area contributed by atoms with Crippen molar-refractivity contribution in [1.29, 1.82) is 0 Å². The molecule has 0 aromatic heterocycles. The lowest BCUT2D eigenvalue weighted by atomic mass is 9.92. The van der Waals surface area contributed by atoms with Gasteiger partial charge in [0.25, 0.3) is 15.9 Å². The van der Waals surface area contributed by atoms with Crippen molar-refractivity contribution in [2.24, 2.45) is 16.0 Å². The molecule has 0 spiro atoms. The van der Waals surface area contributed by atoms with Crippen molar-refractivity contribution in [2.75, 3.05) is 25.4 Å². The van der Waals surface area contributed by atoms with Crippen LogP contribution in [0.15, 0.2) is 28.3 Å². The maximum atomic E-state index is 12.8. The second-order valence-corrected chi connectivity index (χ2v) is 8.37. The predicted molar refractivity (Wildman–Crippen MR) is 92.9 cm³/mol. The Labute approximate surface area is 147 Å². The number of sulfonamides is 1. The van der Waals surface area contributed by atoms with Crippen LogP contribution in [0, 0.1) is 5.92 Å². The molecule has 9 heteroatoms. The lowest BCUT2D eigenvalue weighted by Crippen LogP contribution is -2.42. The van der Waals surface area contributed by atoms with E-state index in [4.69, 9.17) is 5.73 Å². The molecule has 3 heterocycles. The number of primary amides is 1. The van der Waals surface area contributed by atoms with Gasteiger partial charge >= 0.3 is 0 Å². The average molecular weight is 366 g/mol. The number of hydrogen-bond acceptors (Lipinski definition) is 5. The molecule has 2 amide bonds. The van der Waals surface area contributed by atoms with E-state index in [0.717, 1.165) is 12.8 Å². The van der Waals surface area contributed by atoms with Crippen LogP contribution >= 0.6 is 0 Å². The van der Waals surface area contributed by atoms with Crippen molar-refractivity contribution in [1.82, 2.24) is 9.80 Å². The highest BCUT2D eigenvalue weighted by molar-refractivity contribution is 7.90. The Hall–Kier alpha value is -2.16. The summed E-state index contributed by atoms with van der Waals surface area (Å²) in [7, 11) is -3.40. The molecule has 3 rings (SSSR count). The minimum Gasteiger partial charge on any atom is -0.370 e. The number of fused-ring (bicyclic) bond motifs is 1. The summed E-state index contributed by atoms with van der Waals surface area (Å²) in [6, 6.07) is 0. The molecule has 2 N–H and O–H groups in total. The van der Waals surface area contributed by atoms with Gasteiger partial charge in [0, 0.05) is 32.3 Å². The summed E-state index contributed by atoms with van der Waals surface area (Å²) in [5.41, 5.74) is 5.73. The van der Waals surface area contributed by atoms with E-state index in [2.05, 4.69) is 4.40 Å². The van der Waals surface area contributed by atoms with Crippen LogP contribution < -0.4 is 5.73 Å². The van der Waals surface area contributed by atoms with Gasteiger partial charge in [-0.1, -0.05) is 0 Å². The normalized spacial score (nSPS) is 25.0. The van der Waals surface area contributed by atoms with Gasteiger partial charge < -0.3 is 15.5 Å². The Morgan fingerprint density at radius 2 is 2.08 bits per heavy atom. The standard InChI is InChI=1S/C16H22N4O4S/c17-14(21)5-3-12-2-1-7-20(10-12)16(22)13-4-6-15-18-25(23,24)9-8-19(15)11-13/h4,6,11-12H,1-3,5,7-10H2,(H2,17,21). The van der Waals surface area contributed by atoms with Crippen LogP contribution in [0.2, 0.25) is 0 Å². The summed E-state index contributed by atoms with van der Waals surface area (Å²) < 4.78 is 26.8. The highest BCUT2D eigenvalue weighted by atomic mass is 32.2. The van der Waals surface area contributed by atoms with E-state index in [1.54, 1.807) is 28.2 Å². The van der Waals surface area contributed by atoms with Crippen LogP contribution in [-0.4, -0.2) is 61.3 Å². The Kier molecular flexibility index (Phi) is 4.94. The van der Waals surface area contributed by atoms with Gasteiger partial charge in [0.1, 0.15) is 5.84 Å². The summed E-state index contributed by atoms with van der Waals surface area (Å²) >= 11 is 0. The van der Waals surface area contributed by atoms with Crippen LogP contribution in [0.1, 0.15) is 25.7 Å². The Morgan fingerprint density at radius 1 is 1.28 bits per heavy atom. The summed E-state index contributed by atoms with van der Waals surface area (Å²) in [5.74, 6) is 0.193. The monoisotopic (exact) mass is 366 g/mol. The zero-order valence-corrected chi connectivity index (χ0v) is 14.7. The molecule has 0 radical (unpaired) electrons. The number of carbonyl (C=O) groups is 2. The maximum Gasteiger partial charge on any atom is 0.256 e. The molecule has 3 aliphatic rings. The topological polar surface area (TPSA) is 113 Å². The molecule has 1 unspecified atom stereocenters. The smallest absolute Gasteiger partial charge is 0.256 e. The van der Waals surface area contributed by atoms with Gasteiger partial charge in [-0.05, 0) is 37.3 Å². The number of nitrogens with zero attached hydrogens (tertiary/aromatic N) is 3. The largest absolute Gasteiger partial charge is 0.370 e. The third-order valence-electron chi connectivity index (χ3n) is 4.68. The zero-order chi connectivity index (χ0) is 18.0. The molecule has 0 aliphatic carbocycles. The van der Waals surface area contributed by atoms with Gasteiger partial charge in [0.15, 0.2) is 0 Å². The molecule has 8 nitrogen and oxygen atoms in total. The predicted octanol–water partition coefficient (Wildman–Crippen LogP) is -0.0119. The van der Waals surface area contributed by atoms with Gasteiger partial charge in [0.05, 0.1) is 11.3 Å². The third-order valence-corrected chi connectivity index (χ3v) is 5.84. The first-order valence-corrected chi connectivity index (χ1v) is 10.0. The highest BCUT2D eigenvalue weighted by Gasteiger charge is 2.29. The van der Waals surface area contributed by atoms with Crippen molar-refractivity contribution in [3.8, 4) is 0 Å². The fourth-order valence-electron chi connectivity index (χ4n) is 3.34. The van der Waals surface area contributed by atoms with Gasteiger partial charge in [0.2, 0.25) is 5.91 Å². The van der Waals surface area contributed by atoms with Crippen molar-refractivity contribution < 1.29 is 18.0 Å². The number of amidine groups is 1. The fourth-order valence-corrected chi connectivity index (χ4v) is 4.31. The van der Waals surface area contributed by atoms with E-state index in [-0.39, 0.29) is 23.5 Å². The van der Waals surface area contributed by atoms with E-state index in [1.807, 2.05) is 0 Å². The first-order valence-electron chi connectivity index (χ1n) is 8.41. The summed E-state index contributed by atoms with van der Waals surface area (Å²) in [4.78, 5) is 27.2.